The standard InChI is InChI=1S/C20H17F3N4O3S/c21-20(22,23)17-2-1-3-18(10-17)31(29,30)27-9-8-26-19(28)15-6-4-14(5-7-15)16-11-24-13-25-12-16/h1-7,10-13H,8-9H2,(H2-,26,27,28,29,30). The molecule has 0 radical (unpaired) electrons. The molecule has 3 aromatic rings. The molecular formula is C20H17F3N4O3S. The van der Waals surface area contributed by atoms with Gasteiger partial charge >= 0.3 is 6.18 Å². The number of rotatable bonds is 7. The molecule has 0 spiro atoms. The Morgan fingerprint density at radius 1 is 1.00 bits per heavy atom. The van der Waals surface area contributed by atoms with Gasteiger partial charge < -0.3 is 9.87 Å². The van der Waals surface area contributed by atoms with Gasteiger partial charge in [0.05, 0.1) is 12.1 Å². The van der Waals surface area contributed by atoms with Gasteiger partial charge in [-0.25, -0.2) is 9.97 Å². The zero-order chi connectivity index (χ0) is 22.5. The molecule has 0 saturated carbocycles. The van der Waals surface area contributed by atoms with Crippen molar-refractivity contribution in [3.63, 3.8) is 0 Å². The first-order valence-electron chi connectivity index (χ1n) is 8.97. The Kier molecular flexibility index (Phi) is 6.78. The monoisotopic (exact) mass is 450 g/mol. The van der Waals surface area contributed by atoms with E-state index in [1.54, 1.807) is 36.7 Å². The molecule has 1 aromatic heterocycles. The average molecular weight is 450 g/mol. The van der Waals surface area contributed by atoms with Crippen LogP contribution in [0.25, 0.3) is 11.1 Å². The minimum Gasteiger partial charge on any atom is -0.593 e. The Balaban J connectivity index is 1.53. The normalized spacial score (nSPS) is 13.4. The van der Waals surface area contributed by atoms with Crippen molar-refractivity contribution in [2.75, 3.05) is 13.1 Å². The van der Waals surface area contributed by atoms with E-state index < -0.39 is 32.9 Å². The van der Waals surface area contributed by atoms with Crippen LogP contribution < -0.4 is 10.0 Å². The topological polar surface area (TPSA) is 107 Å². The maximum Gasteiger partial charge on any atom is 0.416 e. The molecule has 3 rings (SSSR count). The molecule has 0 saturated heterocycles. The lowest BCUT2D eigenvalue weighted by Gasteiger charge is -2.16. The molecule has 31 heavy (non-hydrogen) atoms. The number of carbonyl (C=O) groups is 1. The van der Waals surface area contributed by atoms with Crippen LogP contribution in [-0.4, -0.2) is 33.5 Å². The Labute approximate surface area is 177 Å². The molecule has 1 heterocycles. The van der Waals surface area contributed by atoms with Gasteiger partial charge in [-0.1, -0.05) is 22.4 Å². The SMILES string of the molecule is O=C(NCCN[S+](=O)([O-])c1cccc(C(F)(F)F)c1)c1ccc(-c2cncnc2)cc1. The quantitative estimate of drug-likeness (QED) is 0.425. The third-order valence-corrected chi connectivity index (χ3v) is 5.67. The molecule has 1 amide bonds. The molecule has 2 aromatic carbocycles. The summed E-state index contributed by atoms with van der Waals surface area (Å²) in [5.41, 5.74) is 0.917. The first-order chi connectivity index (χ1) is 14.7. The van der Waals surface area contributed by atoms with Gasteiger partial charge in [0.1, 0.15) is 6.33 Å². The Bertz CT molecular complexity index is 1090. The van der Waals surface area contributed by atoms with Gasteiger partial charge in [0.25, 0.3) is 5.91 Å². The fourth-order valence-electron chi connectivity index (χ4n) is 2.65. The van der Waals surface area contributed by atoms with Crippen molar-refractivity contribution in [1.82, 2.24) is 20.0 Å². The van der Waals surface area contributed by atoms with Crippen molar-refractivity contribution in [1.29, 1.82) is 0 Å². The lowest BCUT2D eigenvalue weighted by atomic mass is 10.1. The second kappa shape index (κ2) is 9.33. The number of hydrogen-bond donors (Lipinski definition) is 2. The summed E-state index contributed by atoms with van der Waals surface area (Å²) in [6.45, 7) is -0.241. The van der Waals surface area contributed by atoms with Gasteiger partial charge in [-0.05, 0) is 29.8 Å². The van der Waals surface area contributed by atoms with Gasteiger partial charge in [0.2, 0.25) is 0 Å². The number of nitrogens with zero attached hydrogens (tertiary/aromatic N) is 2. The zero-order valence-electron chi connectivity index (χ0n) is 15.9. The molecule has 1 atom stereocenters. The molecule has 0 aliphatic carbocycles. The van der Waals surface area contributed by atoms with Gasteiger partial charge in [-0.15, -0.1) is 4.72 Å². The maximum atomic E-state index is 12.8. The molecule has 162 valence electrons. The number of nitrogens with one attached hydrogen (secondary N) is 2. The Morgan fingerprint density at radius 2 is 1.68 bits per heavy atom. The minimum absolute atomic E-state index is 0.0503. The van der Waals surface area contributed by atoms with Gasteiger partial charge in [0, 0.05) is 36.1 Å². The minimum atomic E-state index is -4.65. The highest BCUT2D eigenvalue weighted by Gasteiger charge is 2.32. The predicted octanol–water partition coefficient (Wildman–Crippen LogP) is 3.09. The lowest BCUT2D eigenvalue weighted by Crippen LogP contribution is -2.37. The van der Waals surface area contributed by atoms with E-state index in [-0.39, 0.29) is 13.1 Å². The van der Waals surface area contributed by atoms with Crippen LogP contribution in [0, 0.1) is 0 Å². The summed E-state index contributed by atoms with van der Waals surface area (Å²) in [6.07, 6.45) is 0.0341. The van der Waals surface area contributed by atoms with Crippen LogP contribution in [-0.2, 0) is 20.8 Å². The van der Waals surface area contributed by atoms with Gasteiger partial charge in [0.15, 0.2) is 15.3 Å². The van der Waals surface area contributed by atoms with Crippen molar-refractivity contribution in [3.8, 4) is 11.1 Å². The first-order valence-corrected chi connectivity index (χ1v) is 10.5. The van der Waals surface area contributed by atoms with Gasteiger partial charge in [-0.2, -0.15) is 13.2 Å². The second-order valence-electron chi connectivity index (χ2n) is 6.38. The number of benzene rings is 2. The number of hydrogen-bond acceptors (Lipinski definition) is 5. The first kappa shape index (κ1) is 22.5. The fourth-order valence-corrected chi connectivity index (χ4v) is 3.73. The third-order valence-electron chi connectivity index (χ3n) is 4.22. The van der Waals surface area contributed by atoms with Crippen LogP contribution in [0.3, 0.4) is 0 Å². The lowest BCUT2D eigenvalue weighted by molar-refractivity contribution is -0.137. The van der Waals surface area contributed by atoms with E-state index in [9.17, 15) is 26.7 Å². The molecule has 0 aliphatic heterocycles. The van der Waals surface area contributed by atoms with E-state index >= 15 is 0 Å². The fraction of sp³-hybridized carbons (Fsp3) is 0.150. The predicted molar refractivity (Wildman–Crippen MR) is 106 cm³/mol. The van der Waals surface area contributed by atoms with Crippen molar-refractivity contribution < 1.29 is 26.7 Å². The number of sulfonamides is 1. The highest BCUT2D eigenvalue weighted by molar-refractivity contribution is 7.95. The summed E-state index contributed by atoms with van der Waals surface area (Å²) in [5.74, 6) is -0.422. The van der Waals surface area contributed by atoms with Crippen LogP contribution in [0.2, 0.25) is 0 Å². The van der Waals surface area contributed by atoms with Crippen LogP contribution in [0.4, 0.5) is 13.2 Å². The zero-order valence-corrected chi connectivity index (χ0v) is 16.7. The van der Waals surface area contributed by atoms with E-state index in [0.717, 1.165) is 29.3 Å². The second-order valence-corrected chi connectivity index (χ2v) is 8.15. The van der Waals surface area contributed by atoms with E-state index in [2.05, 4.69) is 20.0 Å². The van der Waals surface area contributed by atoms with Crippen LogP contribution in [0.5, 0.6) is 0 Å². The molecule has 1 unspecified atom stereocenters. The molecule has 0 aliphatic rings. The van der Waals surface area contributed by atoms with E-state index in [1.165, 1.54) is 6.33 Å². The summed E-state index contributed by atoms with van der Waals surface area (Å²) in [5, 5.41) is 2.55. The largest absolute Gasteiger partial charge is 0.593 e. The molecule has 0 bridgehead atoms. The van der Waals surface area contributed by atoms with Crippen LogP contribution in [0.1, 0.15) is 15.9 Å². The van der Waals surface area contributed by atoms with Crippen molar-refractivity contribution in [2.45, 2.75) is 11.1 Å². The number of amides is 1. The summed E-state index contributed by atoms with van der Waals surface area (Å²) in [6, 6.07) is 10.1. The van der Waals surface area contributed by atoms with Crippen molar-refractivity contribution in [3.05, 3.63) is 78.4 Å². The van der Waals surface area contributed by atoms with Crippen molar-refractivity contribution >= 4 is 16.3 Å². The molecular weight excluding hydrogens is 433 g/mol. The van der Waals surface area contributed by atoms with E-state index in [4.69, 9.17) is 0 Å². The number of aromatic nitrogens is 2. The van der Waals surface area contributed by atoms with E-state index in [0.29, 0.717) is 11.6 Å². The molecule has 7 nitrogen and oxygen atoms in total. The Hall–Kier alpha value is -3.15. The molecule has 2 N–H and O–H groups in total. The smallest absolute Gasteiger partial charge is 0.416 e. The summed E-state index contributed by atoms with van der Waals surface area (Å²) in [7, 11) is -4.16. The Morgan fingerprint density at radius 3 is 2.32 bits per heavy atom. The summed E-state index contributed by atoms with van der Waals surface area (Å²) >= 11 is 0. The highest BCUT2D eigenvalue weighted by Crippen LogP contribution is 2.31. The molecule has 11 heteroatoms. The maximum absolute atomic E-state index is 12.8. The van der Waals surface area contributed by atoms with Gasteiger partial charge in [-0.3, -0.25) is 4.79 Å². The van der Waals surface area contributed by atoms with E-state index in [1.807, 2.05) is 0 Å². The molecule has 0 fully saturated rings. The summed E-state index contributed by atoms with van der Waals surface area (Å²) < 4.78 is 64.9. The number of halogens is 3. The number of carbonyl (C=O) groups excluding carboxylic acids is 1. The van der Waals surface area contributed by atoms with Crippen LogP contribution in [0.15, 0.2) is 72.1 Å². The number of alkyl halides is 3. The highest BCUT2D eigenvalue weighted by atomic mass is 32.3. The van der Waals surface area contributed by atoms with Crippen molar-refractivity contribution in [2.24, 2.45) is 0 Å². The van der Waals surface area contributed by atoms with Crippen LogP contribution >= 0.6 is 0 Å². The average Bonchev–Trinajstić information content (AvgIpc) is 2.77. The summed E-state index contributed by atoms with van der Waals surface area (Å²) in [4.78, 5) is 19.5. The third kappa shape index (κ3) is 5.94.